The summed E-state index contributed by atoms with van der Waals surface area (Å²) in [6.45, 7) is 6.37. The first-order valence-corrected chi connectivity index (χ1v) is 7.41. The van der Waals surface area contributed by atoms with Gasteiger partial charge in [-0.05, 0) is 32.0 Å². The smallest absolute Gasteiger partial charge is 0.322 e. The van der Waals surface area contributed by atoms with E-state index in [1.54, 1.807) is 4.90 Å². The van der Waals surface area contributed by atoms with E-state index in [0.29, 0.717) is 26.3 Å². The number of nitrogens with zero attached hydrogens (tertiary/aromatic N) is 3. The van der Waals surface area contributed by atoms with Crippen LogP contribution in [0.2, 0.25) is 0 Å². The molecule has 0 radical (unpaired) electrons. The van der Waals surface area contributed by atoms with Crippen LogP contribution in [0.15, 0.2) is 30.3 Å². The molecule has 22 heavy (non-hydrogen) atoms. The quantitative estimate of drug-likeness (QED) is 0.926. The third kappa shape index (κ3) is 2.96. The molecule has 2 aromatic rings. The topological polar surface area (TPSA) is 59.4 Å². The molecule has 1 aromatic heterocycles. The third-order valence-corrected chi connectivity index (χ3v) is 3.68. The minimum Gasteiger partial charge on any atom is -0.378 e. The van der Waals surface area contributed by atoms with Crippen LogP contribution in [0.3, 0.4) is 0 Å². The standard InChI is InChI=1S/C16H20N4O2/c1-12-11-13(2)20(18-12)15-6-4-3-5-14(15)17-16(21)19-7-9-22-10-8-19/h3-6,11H,7-10H2,1-2H3,(H,17,21). The van der Waals surface area contributed by atoms with Crippen LogP contribution in [0.5, 0.6) is 0 Å². The van der Waals surface area contributed by atoms with Crippen LogP contribution in [-0.4, -0.2) is 47.0 Å². The van der Waals surface area contributed by atoms with Crippen LogP contribution >= 0.6 is 0 Å². The normalized spacial score (nSPS) is 14.9. The van der Waals surface area contributed by atoms with Crippen molar-refractivity contribution in [2.24, 2.45) is 0 Å². The maximum Gasteiger partial charge on any atom is 0.322 e. The average molecular weight is 300 g/mol. The summed E-state index contributed by atoms with van der Waals surface area (Å²) in [5, 5.41) is 7.48. The van der Waals surface area contributed by atoms with Crippen LogP contribution in [0.1, 0.15) is 11.4 Å². The fourth-order valence-corrected chi connectivity index (χ4v) is 2.60. The molecule has 2 heterocycles. The lowest BCUT2D eigenvalue weighted by Gasteiger charge is -2.27. The zero-order valence-electron chi connectivity index (χ0n) is 12.9. The minimum absolute atomic E-state index is 0.0997. The van der Waals surface area contributed by atoms with Crippen molar-refractivity contribution in [1.82, 2.24) is 14.7 Å². The summed E-state index contributed by atoms with van der Waals surface area (Å²) in [5.41, 5.74) is 3.61. The largest absolute Gasteiger partial charge is 0.378 e. The van der Waals surface area contributed by atoms with Gasteiger partial charge in [-0.3, -0.25) is 0 Å². The molecule has 1 N–H and O–H groups in total. The molecule has 1 fully saturated rings. The van der Waals surface area contributed by atoms with Crippen molar-refractivity contribution in [2.75, 3.05) is 31.6 Å². The molecule has 2 amide bonds. The van der Waals surface area contributed by atoms with Gasteiger partial charge in [0.2, 0.25) is 0 Å². The van der Waals surface area contributed by atoms with Crippen molar-refractivity contribution in [1.29, 1.82) is 0 Å². The van der Waals surface area contributed by atoms with Crippen LogP contribution in [-0.2, 0) is 4.74 Å². The molecule has 0 saturated carbocycles. The van der Waals surface area contributed by atoms with Gasteiger partial charge in [0.1, 0.15) is 0 Å². The Morgan fingerprint density at radius 1 is 1.23 bits per heavy atom. The van der Waals surface area contributed by atoms with E-state index in [9.17, 15) is 4.79 Å². The number of hydrogen-bond acceptors (Lipinski definition) is 3. The monoisotopic (exact) mass is 300 g/mol. The van der Waals surface area contributed by atoms with E-state index >= 15 is 0 Å². The number of morpholine rings is 1. The Balaban J connectivity index is 1.85. The summed E-state index contributed by atoms with van der Waals surface area (Å²) in [4.78, 5) is 14.1. The van der Waals surface area contributed by atoms with Crippen LogP contribution in [0.25, 0.3) is 5.69 Å². The molecule has 1 aliphatic rings. The fourth-order valence-electron chi connectivity index (χ4n) is 2.60. The van der Waals surface area contributed by atoms with Gasteiger partial charge >= 0.3 is 6.03 Å². The summed E-state index contributed by atoms with van der Waals surface area (Å²) in [6, 6.07) is 9.61. The zero-order chi connectivity index (χ0) is 15.5. The highest BCUT2D eigenvalue weighted by molar-refractivity contribution is 5.91. The van der Waals surface area contributed by atoms with Crippen molar-refractivity contribution >= 4 is 11.7 Å². The summed E-state index contributed by atoms with van der Waals surface area (Å²) >= 11 is 0. The molecule has 0 atom stereocenters. The number of rotatable bonds is 2. The second-order valence-corrected chi connectivity index (χ2v) is 5.39. The number of hydrogen-bond donors (Lipinski definition) is 1. The van der Waals surface area contributed by atoms with Crippen molar-refractivity contribution in [2.45, 2.75) is 13.8 Å². The summed E-state index contributed by atoms with van der Waals surface area (Å²) in [6.07, 6.45) is 0. The van der Waals surface area contributed by atoms with E-state index in [1.807, 2.05) is 48.9 Å². The third-order valence-electron chi connectivity index (χ3n) is 3.68. The van der Waals surface area contributed by atoms with Gasteiger partial charge in [-0.2, -0.15) is 5.10 Å². The number of anilines is 1. The van der Waals surface area contributed by atoms with Gasteiger partial charge in [0.05, 0.1) is 30.3 Å². The van der Waals surface area contributed by atoms with Crippen LogP contribution < -0.4 is 5.32 Å². The van der Waals surface area contributed by atoms with Gasteiger partial charge in [0, 0.05) is 18.8 Å². The number of carbonyl (C=O) groups excluding carboxylic acids is 1. The Kier molecular flexibility index (Phi) is 4.11. The van der Waals surface area contributed by atoms with Crippen LogP contribution in [0, 0.1) is 13.8 Å². The number of benzene rings is 1. The first-order chi connectivity index (χ1) is 10.6. The Labute approximate surface area is 129 Å². The first kappa shape index (κ1) is 14.6. The molecule has 1 aliphatic heterocycles. The number of para-hydroxylation sites is 2. The molecule has 3 rings (SSSR count). The number of carbonyl (C=O) groups is 1. The van der Waals surface area contributed by atoms with Crippen molar-refractivity contribution in [3.63, 3.8) is 0 Å². The maximum atomic E-state index is 12.4. The molecule has 1 aromatic carbocycles. The Morgan fingerprint density at radius 2 is 1.95 bits per heavy atom. The lowest BCUT2D eigenvalue weighted by molar-refractivity contribution is 0.0564. The van der Waals surface area contributed by atoms with Crippen molar-refractivity contribution < 1.29 is 9.53 Å². The van der Waals surface area contributed by atoms with E-state index in [0.717, 1.165) is 22.8 Å². The number of nitrogens with one attached hydrogen (secondary N) is 1. The van der Waals surface area contributed by atoms with E-state index in [1.165, 1.54) is 0 Å². The highest BCUT2D eigenvalue weighted by Gasteiger charge is 2.18. The average Bonchev–Trinajstić information content (AvgIpc) is 2.87. The lowest BCUT2D eigenvalue weighted by atomic mass is 10.2. The van der Waals surface area contributed by atoms with Gasteiger partial charge in [-0.15, -0.1) is 0 Å². The molecule has 116 valence electrons. The van der Waals surface area contributed by atoms with Gasteiger partial charge in [0.25, 0.3) is 0 Å². The number of urea groups is 1. The van der Waals surface area contributed by atoms with Crippen molar-refractivity contribution in [3.05, 3.63) is 41.7 Å². The number of aromatic nitrogens is 2. The highest BCUT2D eigenvalue weighted by atomic mass is 16.5. The van der Waals surface area contributed by atoms with E-state index in [-0.39, 0.29) is 6.03 Å². The predicted octanol–water partition coefficient (Wildman–Crippen LogP) is 2.35. The number of ether oxygens (including phenoxy) is 1. The Bertz CT molecular complexity index is 675. The second-order valence-electron chi connectivity index (χ2n) is 5.39. The van der Waals surface area contributed by atoms with Crippen LogP contribution in [0.4, 0.5) is 10.5 Å². The molecular weight excluding hydrogens is 280 g/mol. The van der Waals surface area contributed by atoms with Crippen molar-refractivity contribution in [3.8, 4) is 5.69 Å². The summed E-state index contributed by atoms with van der Waals surface area (Å²) in [5.74, 6) is 0. The fraction of sp³-hybridized carbons (Fsp3) is 0.375. The van der Waals surface area contributed by atoms with Gasteiger partial charge in [-0.25, -0.2) is 9.48 Å². The molecule has 0 aliphatic carbocycles. The van der Waals surface area contributed by atoms with E-state index in [2.05, 4.69) is 10.4 Å². The summed E-state index contributed by atoms with van der Waals surface area (Å²) < 4.78 is 7.13. The molecule has 6 heteroatoms. The molecule has 0 bridgehead atoms. The van der Waals surface area contributed by atoms with Gasteiger partial charge < -0.3 is 15.0 Å². The minimum atomic E-state index is -0.0997. The molecule has 0 unspecified atom stereocenters. The summed E-state index contributed by atoms with van der Waals surface area (Å²) in [7, 11) is 0. The SMILES string of the molecule is Cc1cc(C)n(-c2ccccc2NC(=O)N2CCOCC2)n1. The molecule has 0 spiro atoms. The highest BCUT2D eigenvalue weighted by Crippen LogP contribution is 2.22. The molecule has 6 nitrogen and oxygen atoms in total. The first-order valence-electron chi connectivity index (χ1n) is 7.41. The Hall–Kier alpha value is -2.34. The maximum absolute atomic E-state index is 12.4. The van der Waals surface area contributed by atoms with Gasteiger partial charge in [0.15, 0.2) is 0 Å². The van der Waals surface area contributed by atoms with Gasteiger partial charge in [-0.1, -0.05) is 12.1 Å². The lowest BCUT2D eigenvalue weighted by Crippen LogP contribution is -2.43. The Morgan fingerprint density at radius 3 is 2.64 bits per heavy atom. The second kappa shape index (κ2) is 6.19. The van der Waals surface area contributed by atoms with E-state index < -0.39 is 0 Å². The van der Waals surface area contributed by atoms with E-state index in [4.69, 9.17) is 4.74 Å². The zero-order valence-corrected chi connectivity index (χ0v) is 12.9. The predicted molar refractivity (Wildman–Crippen MR) is 84.4 cm³/mol. The number of amides is 2. The number of aryl methyl sites for hydroxylation is 2. The molecule has 1 saturated heterocycles. The molecular formula is C16H20N4O2.